The van der Waals surface area contributed by atoms with Crippen LogP contribution in [0.5, 0.6) is 5.75 Å². The second-order valence-corrected chi connectivity index (χ2v) is 6.60. The van der Waals surface area contributed by atoms with E-state index in [-0.39, 0.29) is 17.1 Å². The summed E-state index contributed by atoms with van der Waals surface area (Å²) >= 11 is 0. The van der Waals surface area contributed by atoms with E-state index in [0.29, 0.717) is 16.7 Å². The number of nitro benzene ring substituents is 1. The van der Waals surface area contributed by atoms with Gasteiger partial charge < -0.3 is 4.74 Å². The first-order valence-electron chi connectivity index (χ1n) is 9.16. The van der Waals surface area contributed by atoms with E-state index in [2.05, 4.69) is 0 Å². The molecule has 4 rings (SSSR count). The number of esters is 1. The molecule has 31 heavy (non-hydrogen) atoms. The highest BCUT2D eigenvalue weighted by molar-refractivity contribution is 6.34. The second kappa shape index (κ2) is 8.03. The van der Waals surface area contributed by atoms with Crippen molar-refractivity contribution in [2.24, 2.45) is 0 Å². The van der Waals surface area contributed by atoms with Gasteiger partial charge in [0, 0.05) is 24.3 Å². The Kier molecular flexibility index (Phi) is 5.11. The number of imide groups is 1. The summed E-state index contributed by atoms with van der Waals surface area (Å²) in [5.41, 5.74) is 1.28. The quantitative estimate of drug-likeness (QED) is 0.156. The van der Waals surface area contributed by atoms with Crippen molar-refractivity contribution < 1.29 is 24.0 Å². The molecule has 0 spiro atoms. The highest BCUT2D eigenvalue weighted by atomic mass is 16.6. The van der Waals surface area contributed by atoms with Crippen LogP contribution in [0, 0.1) is 10.1 Å². The molecule has 0 fully saturated rings. The minimum Gasteiger partial charge on any atom is -0.423 e. The summed E-state index contributed by atoms with van der Waals surface area (Å²) in [6.45, 7) is 0. The number of ether oxygens (including phenoxy) is 1. The average Bonchev–Trinajstić information content (AvgIpc) is 3.03. The lowest BCUT2D eigenvalue weighted by molar-refractivity contribution is -0.384. The van der Waals surface area contributed by atoms with Crippen molar-refractivity contribution in [3.63, 3.8) is 0 Å². The van der Waals surface area contributed by atoms with Gasteiger partial charge in [0.05, 0.1) is 21.7 Å². The Morgan fingerprint density at radius 3 is 2.26 bits per heavy atom. The Bertz CT molecular complexity index is 1230. The molecular weight excluding hydrogens is 400 g/mol. The van der Waals surface area contributed by atoms with Crippen LogP contribution < -0.4 is 9.64 Å². The fourth-order valence-electron chi connectivity index (χ4n) is 3.17. The maximum Gasteiger partial charge on any atom is 0.336 e. The molecule has 8 heteroatoms. The van der Waals surface area contributed by atoms with Crippen molar-refractivity contribution in [2.45, 2.75) is 0 Å². The minimum absolute atomic E-state index is 0.0934. The number of nitro groups is 1. The van der Waals surface area contributed by atoms with E-state index < -0.39 is 22.7 Å². The van der Waals surface area contributed by atoms with Gasteiger partial charge >= 0.3 is 5.97 Å². The molecule has 0 saturated carbocycles. The summed E-state index contributed by atoms with van der Waals surface area (Å²) in [4.78, 5) is 48.7. The molecule has 1 heterocycles. The van der Waals surface area contributed by atoms with Gasteiger partial charge in [-0.2, -0.15) is 0 Å². The van der Waals surface area contributed by atoms with Crippen LogP contribution in [-0.2, 0) is 4.79 Å². The van der Waals surface area contributed by atoms with Gasteiger partial charge in [-0.3, -0.25) is 19.7 Å². The first-order chi connectivity index (χ1) is 14.9. The molecular formula is C23H14N2O6. The smallest absolute Gasteiger partial charge is 0.336 e. The molecule has 8 nitrogen and oxygen atoms in total. The Hall–Kier alpha value is -4.59. The van der Waals surface area contributed by atoms with Gasteiger partial charge in [0.2, 0.25) is 0 Å². The Balaban J connectivity index is 1.50. The third-order valence-corrected chi connectivity index (χ3v) is 4.58. The van der Waals surface area contributed by atoms with Gasteiger partial charge in [0.1, 0.15) is 5.75 Å². The number of carbonyl (C=O) groups is 3. The van der Waals surface area contributed by atoms with E-state index in [4.69, 9.17) is 4.74 Å². The molecule has 1 aliphatic rings. The molecule has 1 aliphatic heterocycles. The number of non-ortho nitro benzene ring substituents is 1. The predicted molar refractivity (Wildman–Crippen MR) is 112 cm³/mol. The summed E-state index contributed by atoms with van der Waals surface area (Å²) in [5, 5.41) is 10.8. The monoisotopic (exact) mass is 414 g/mol. The van der Waals surface area contributed by atoms with Crippen molar-refractivity contribution >= 4 is 35.2 Å². The average molecular weight is 414 g/mol. The number of hydrogen-bond donors (Lipinski definition) is 0. The second-order valence-electron chi connectivity index (χ2n) is 6.60. The SMILES string of the molecule is O=C(/C=C/c1cccc([N+](=O)[O-])c1)Oc1cccc(N2C(=O)c3ccccc3C2=O)c1. The van der Waals surface area contributed by atoms with Crippen LogP contribution >= 0.6 is 0 Å². The summed E-state index contributed by atoms with van der Waals surface area (Å²) < 4.78 is 5.25. The van der Waals surface area contributed by atoms with Crippen LogP contribution in [-0.4, -0.2) is 22.7 Å². The fourth-order valence-corrected chi connectivity index (χ4v) is 3.17. The zero-order valence-electron chi connectivity index (χ0n) is 15.9. The third-order valence-electron chi connectivity index (χ3n) is 4.58. The normalized spacial score (nSPS) is 12.8. The predicted octanol–water partition coefficient (Wildman–Crippen LogP) is 4.01. The maximum atomic E-state index is 12.6. The fraction of sp³-hybridized carbons (Fsp3) is 0. The lowest BCUT2D eigenvalue weighted by atomic mass is 10.1. The number of rotatable bonds is 5. The Labute approximate surface area is 176 Å². The van der Waals surface area contributed by atoms with Gasteiger partial charge in [0.25, 0.3) is 17.5 Å². The van der Waals surface area contributed by atoms with Crippen molar-refractivity contribution in [3.8, 4) is 5.75 Å². The molecule has 3 aromatic carbocycles. The van der Waals surface area contributed by atoms with E-state index in [9.17, 15) is 24.5 Å². The minimum atomic E-state index is -0.717. The number of benzene rings is 3. The van der Waals surface area contributed by atoms with Gasteiger partial charge in [-0.05, 0) is 35.9 Å². The molecule has 2 amide bonds. The van der Waals surface area contributed by atoms with Crippen LogP contribution in [0.25, 0.3) is 6.08 Å². The number of nitrogens with zero attached hydrogens (tertiary/aromatic N) is 2. The lowest BCUT2D eigenvalue weighted by Crippen LogP contribution is -2.29. The topological polar surface area (TPSA) is 107 Å². The maximum absolute atomic E-state index is 12.6. The molecule has 152 valence electrons. The van der Waals surface area contributed by atoms with Crippen molar-refractivity contribution in [1.82, 2.24) is 0 Å². The molecule has 0 radical (unpaired) electrons. The summed E-state index contributed by atoms with van der Waals surface area (Å²) in [6, 6.07) is 18.4. The van der Waals surface area contributed by atoms with Crippen LogP contribution in [0.2, 0.25) is 0 Å². The number of carbonyl (C=O) groups excluding carboxylic acids is 3. The first-order valence-corrected chi connectivity index (χ1v) is 9.16. The summed E-state index contributed by atoms with van der Waals surface area (Å²) in [6.07, 6.45) is 2.52. The molecule has 0 unspecified atom stereocenters. The highest BCUT2D eigenvalue weighted by Gasteiger charge is 2.36. The molecule has 0 N–H and O–H groups in total. The van der Waals surface area contributed by atoms with Gasteiger partial charge in [-0.25, -0.2) is 9.69 Å². The highest BCUT2D eigenvalue weighted by Crippen LogP contribution is 2.30. The van der Waals surface area contributed by atoms with Gasteiger partial charge in [-0.1, -0.05) is 30.3 Å². The first kappa shape index (κ1) is 19.7. The Morgan fingerprint density at radius 2 is 1.58 bits per heavy atom. The van der Waals surface area contributed by atoms with Crippen molar-refractivity contribution in [2.75, 3.05) is 4.90 Å². The number of fused-ring (bicyclic) bond motifs is 1. The van der Waals surface area contributed by atoms with Crippen molar-refractivity contribution in [1.29, 1.82) is 0 Å². The number of anilines is 1. The molecule has 0 bridgehead atoms. The molecule has 0 saturated heterocycles. The largest absolute Gasteiger partial charge is 0.423 e. The Morgan fingerprint density at radius 1 is 0.903 bits per heavy atom. The van der Waals surface area contributed by atoms with Crippen LogP contribution in [0.15, 0.2) is 78.9 Å². The summed E-state index contributed by atoms with van der Waals surface area (Å²) in [5.74, 6) is -1.47. The zero-order valence-corrected chi connectivity index (χ0v) is 15.9. The standard InChI is InChI=1S/C23H14N2O6/c26-21(12-11-15-5-3-7-17(13-15)25(29)30)31-18-8-4-6-16(14-18)24-22(27)19-9-1-2-10-20(19)23(24)28/h1-14H/b12-11+. The third kappa shape index (κ3) is 3.95. The van der Waals surface area contributed by atoms with E-state index in [0.717, 1.165) is 11.0 Å². The van der Waals surface area contributed by atoms with Gasteiger partial charge in [-0.15, -0.1) is 0 Å². The molecule has 0 aliphatic carbocycles. The van der Waals surface area contributed by atoms with E-state index in [1.54, 1.807) is 42.5 Å². The van der Waals surface area contributed by atoms with Crippen LogP contribution in [0.4, 0.5) is 11.4 Å². The number of amides is 2. The van der Waals surface area contributed by atoms with Crippen LogP contribution in [0.3, 0.4) is 0 Å². The molecule has 0 aromatic heterocycles. The van der Waals surface area contributed by atoms with Crippen LogP contribution in [0.1, 0.15) is 26.3 Å². The lowest BCUT2D eigenvalue weighted by Gasteiger charge is -2.14. The van der Waals surface area contributed by atoms with Crippen molar-refractivity contribution in [3.05, 3.63) is 106 Å². The molecule has 0 atom stereocenters. The van der Waals surface area contributed by atoms with Gasteiger partial charge in [0.15, 0.2) is 0 Å². The van der Waals surface area contributed by atoms with E-state index in [1.165, 1.54) is 36.4 Å². The molecule has 3 aromatic rings. The summed E-state index contributed by atoms with van der Waals surface area (Å²) in [7, 11) is 0. The van der Waals surface area contributed by atoms with E-state index >= 15 is 0 Å². The van der Waals surface area contributed by atoms with E-state index in [1.807, 2.05) is 0 Å². The number of hydrogen-bond acceptors (Lipinski definition) is 6. The zero-order chi connectivity index (χ0) is 22.0.